The summed E-state index contributed by atoms with van der Waals surface area (Å²) >= 11 is 0. The van der Waals surface area contributed by atoms with Gasteiger partial charge in [-0.2, -0.15) is 0 Å². The predicted molar refractivity (Wildman–Crippen MR) is 115 cm³/mol. The first-order chi connectivity index (χ1) is 14.6. The molecular weight excluding hydrogens is 380 g/mol. The summed E-state index contributed by atoms with van der Waals surface area (Å²) in [7, 11) is 0. The van der Waals surface area contributed by atoms with Gasteiger partial charge in [0.2, 0.25) is 5.91 Å². The number of rotatable bonds is 10. The van der Waals surface area contributed by atoms with Crippen molar-refractivity contribution in [1.82, 2.24) is 5.32 Å². The molecule has 3 N–H and O–H groups in total. The van der Waals surface area contributed by atoms with Gasteiger partial charge in [0, 0.05) is 12.2 Å². The molecule has 1 amide bonds. The number of hydrogen-bond acceptors (Lipinski definition) is 4. The molecule has 30 heavy (non-hydrogen) atoms. The number of ether oxygens (including phenoxy) is 1. The Labute approximate surface area is 175 Å². The number of carbonyl (C=O) groups excluding carboxylic acids is 1. The molecule has 0 bridgehead atoms. The van der Waals surface area contributed by atoms with Gasteiger partial charge in [-0.1, -0.05) is 60.7 Å². The van der Waals surface area contributed by atoms with Gasteiger partial charge < -0.3 is 15.2 Å². The number of anilines is 1. The number of hydrogen-bond donors (Lipinski definition) is 3. The minimum atomic E-state index is -1.06. The maximum Gasteiger partial charge on any atom is 0.321 e. The number of nitrogens with one attached hydrogen (secondary N) is 2. The van der Waals surface area contributed by atoms with Gasteiger partial charge in [0.25, 0.3) is 0 Å². The van der Waals surface area contributed by atoms with Crippen LogP contribution >= 0.6 is 0 Å². The Morgan fingerprint density at radius 2 is 1.43 bits per heavy atom. The number of benzene rings is 3. The lowest BCUT2D eigenvalue weighted by Gasteiger charge is -2.15. The second-order valence-corrected chi connectivity index (χ2v) is 6.81. The molecule has 0 saturated carbocycles. The normalized spacial score (nSPS) is 11.5. The van der Waals surface area contributed by atoms with Gasteiger partial charge in [0.15, 0.2) is 0 Å². The van der Waals surface area contributed by atoms with Crippen LogP contribution in [0.25, 0.3) is 0 Å². The summed E-state index contributed by atoms with van der Waals surface area (Å²) in [5, 5.41) is 15.0. The van der Waals surface area contributed by atoms with Crippen LogP contribution in [0, 0.1) is 0 Å². The molecule has 0 aromatic heterocycles. The van der Waals surface area contributed by atoms with Gasteiger partial charge in [-0.15, -0.1) is 0 Å². The molecule has 3 aromatic rings. The highest BCUT2D eigenvalue weighted by molar-refractivity contribution is 5.94. The lowest BCUT2D eigenvalue weighted by molar-refractivity contribution is -0.141. The van der Waals surface area contributed by atoms with Crippen molar-refractivity contribution in [2.45, 2.75) is 25.6 Å². The number of carboxylic acid groups (broad SMARTS) is 1. The van der Waals surface area contributed by atoms with Crippen LogP contribution in [0.2, 0.25) is 0 Å². The minimum absolute atomic E-state index is 0.172. The maximum absolute atomic E-state index is 12.3. The molecule has 0 aliphatic rings. The van der Waals surface area contributed by atoms with Crippen molar-refractivity contribution in [3.8, 4) is 5.75 Å². The molecule has 0 aliphatic carbocycles. The van der Waals surface area contributed by atoms with E-state index in [1.165, 1.54) is 0 Å². The van der Waals surface area contributed by atoms with E-state index in [1.807, 2.05) is 60.7 Å². The Bertz CT molecular complexity index is 944. The zero-order valence-corrected chi connectivity index (χ0v) is 16.5. The van der Waals surface area contributed by atoms with Crippen LogP contribution in [0.5, 0.6) is 5.75 Å². The van der Waals surface area contributed by atoms with Crippen molar-refractivity contribution < 1.29 is 19.4 Å². The highest BCUT2D eigenvalue weighted by Crippen LogP contribution is 2.17. The fourth-order valence-electron chi connectivity index (χ4n) is 2.86. The summed E-state index contributed by atoms with van der Waals surface area (Å²) in [6.45, 7) is 0.832. The molecule has 0 aliphatic heterocycles. The van der Waals surface area contributed by atoms with E-state index in [1.54, 1.807) is 24.3 Å². The first kappa shape index (κ1) is 21.1. The lowest BCUT2D eigenvalue weighted by atomic mass is 10.1. The van der Waals surface area contributed by atoms with Gasteiger partial charge in [0.05, 0.1) is 6.42 Å². The smallest absolute Gasteiger partial charge is 0.321 e. The van der Waals surface area contributed by atoms with Crippen LogP contribution in [0.15, 0.2) is 84.9 Å². The summed E-state index contributed by atoms with van der Waals surface area (Å²) in [5.41, 5.74) is 2.60. The van der Waals surface area contributed by atoms with Crippen molar-refractivity contribution in [2.24, 2.45) is 0 Å². The van der Waals surface area contributed by atoms with Crippen molar-refractivity contribution in [3.05, 3.63) is 96.1 Å². The summed E-state index contributed by atoms with van der Waals surface area (Å²) in [5.74, 6) is -0.753. The fourth-order valence-corrected chi connectivity index (χ4v) is 2.86. The second kappa shape index (κ2) is 10.8. The predicted octanol–water partition coefficient (Wildman–Crippen LogP) is 3.84. The highest BCUT2D eigenvalue weighted by Gasteiger charge is 2.20. The Morgan fingerprint density at radius 1 is 0.833 bits per heavy atom. The number of amides is 1. The minimum Gasteiger partial charge on any atom is -0.489 e. The number of aliphatic carboxylic acids is 1. The van der Waals surface area contributed by atoms with Crippen LogP contribution in [0.1, 0.15) is 17.5 Å². The van der Waals surface area contributed by atoms with Crippen molar-refractivity contribution in [2.75, 3.05) is 5.32 Å². The number of carboxylic acids is 1. The summed E-state index contributed by atoms with van der Waals surface area (Å²) < 4.78 is 5.72. The van der Waals surface area contributed by atoms with E-state index < -0.39 is 12.0 Å². The molecule has 0 spiro atoms. The van der Waals surface area contributed by atoms with E-state index in [9.17, 15) is 14.7 Å². The van der Waals surface area contributed by atoms with E-state index in [-0.39, 0.29) is 12.3 Å². The summed E-state index contributed by atoms with van der Waals surface area (Å²) in [4.78, 5) is 23.8. The molecule has 3 aromatic carbocycles. The maximum atomic E-state index is 12.3. The van der Waals surface area contributed by atoms with E-state index in [4.69, 9.17) is 4.74 Å². The topological polar surface area (TPSA) is 87.7 Å². The average molecular weight is 404 g/mol. The van der Waals surface area contributed by atoms with Crippen molar-refractivity contribution in [1.29, 1.82) is 0 Å². The average Bonchev–Trinajstić information content (AvgIpc) is 2.77. The molecular formula is C24H24N2O4. The molecule has 3 rings (SSSR count). The molecule has 154 valence electrons. The first-order valence-corrected chi connectivity index (χ1v) is 9.67. The van der Waals surface area contributed by atoms with Gasteiger partial charge >= 0.3 is 5.97 Å². The van der Waals surface area contributed by atoms with E-state index in [0.717, 1.165) is 11.1 Å². The molecule has 6 heteroatoms. The van der Waals surface area contributed by atoms with Crippen LogP contribution in [-0.4, -0.2) is 23.0 Å². The molecule has 1 unspecified atom stereocenters. The first-order valence-electron chi connectivity index (χ1n) is 9.67. The van der Waals surface area contributed by atoms with Crippen molar-refractivity contribution in [3.63, 3.8) is 0 Å². The third-order valence-corrected chi connectivity index (χ3v) is 4.47. The van der Waals surface area contributed by atoms with Crippen LogP contribution < -0.4 is 15.4 Å². The summed E-state index contributed by atoms with van der Waals surface area (Å²) in [6.07, 6.45) is -0.172. The molecule has 0 radical (unpaired) electrons. The van der Waals surface area contributed by atoms with Gasteiger partial charge in [-0.3, -0.25) is 14.9 Å². The zero-order chi connectivity index (χ0) is 21.2. The third-order valence-electron chi connectivity index (χ3n) is 4.47. The van der Waals surface area contributed by atoms with Crippen LogP contribution in [0.3, 0.4) is 0 Å². The second-order valence-electron chi connectivity index (χ2n) is 6.81. The summed E-state index contributed by atoms with van der Waals surface area (Å²) in [6, 6.07) is 25.3. The van der Waals surface area contributed by atoms with E-state index in [0.29, 0.717) is 24.6 Å². The van der Waals surface area contributed by atoms with Gasteiger partial charge in [0.1, 0.15) is 18.4 Å². The molecule has 1 atom stereocenters. The Balaban J connectivity index is 1.48. The van der Waals surface area contributed by atoms with Crippen LogP contribution in [0.4, 0.5) is 5.69 Å². The van der Waals surface area contributed by atoms with E-state index >= 15 is 0 Å². The zero-order valence-electron chi connectivity index (χ0n) is 16.5. The highest BCUT2D eigenvalue weighted by atomic mass is 16.5. The SMILES string of the molecule is O=C(CC(NCc1ccccc1)C(=O)O)Nc1ccc(OCc2ccccc2)cc1. The Hall–Kier alpha value is -3.64. The largest absolute Gasteiger partial charge is 0.489 e. The van der Waals surface area contributed by atoms with Crippen LogP contribution in [-0.2, 0) is 22.7 Å². The van der Waals surface area contributed by atoms with E-state index in [2.05, 4.69) is 10.6 Å². The third kappa shape index (κ3) is 6.76. The Morgan fingerprint density at radius 3 is 2.03 bits per heavy atom. The van der Waals surface area contributed by atoms with Gasteiger partial charge in [-0.05, 0) is 35.4 Å². The fraction of sp³-hybridized carbons (Fsp3) is 0.167. The lowest BCUT2D eigenvalue weighted by Crippen LogP contribution is -2.39. The molecule has 0 fully saturated rings. The standard InChI is InChI=1S/C24H24N2O4/c27-23(15-22(24(28)29)25-16-18-7-3-1-4-8-18)26-20-11-13-21(14-12-20)30-17-19-9-5-2-6-10-19/h1-14,22,25H,15-17H2,(H,26,27)(H,28,29). The Kier molecular flexibility index (Phi) is 7.58. The quantitative estimate of drug-likeness (QED) is 0.478. The van der Waals surface area contributed by atoms with Gasteiger partial charge in [-0.25, -0.2) is 0 Å². The molecule has 0 heterocycles. The number of carbonyl (C=O) groups is 2. The monoisotopic (exact) mass is 404 g/mol. The molecule has 0 saturated heterocycles. The van der Waals surface area contributed by atoms with Crippen molar-refractivity contribution >= 4 is 17.6 Å². The molecule has 6 nitrogen and oxygen atoms in total.